The number of amides is 1. The van der Waals surface area contributed by atoms with Crippen LogP contribution in [-0.2, 0) is 19.2 Å². The van der Waals surface area contributed by atoms with Crippen LogP contribution >= 0.6 is 0 Å². The summed E-state index contributed by atoms with van der Waals surface area (Å²) in [7, 11) is 0. The number of aliphatic carboxylic acids is 3. The van der Waals surface area contributed by atoms with Gasteiger partial charge in [-0.15, -0.1) is 0 Å². The second-order valence-corrected chi connectivity index (χ2v) is 3.49. The van der Waals surface area contributed by atoms with Crippen LogP contribution in [0.15, 0.2) is 0 Å². The first-order chi connectivity index (χ1) is 8.57. The zero-order valence-electron chi connectivity index (χ0n) is 9.98. The molecule has 0 aromatic rings. The van der Waals surface area contributed by atoms with Gasteiger partial charge in [0.1, 0.15) is 12.1 Å². The molecule has 0 rings (SSSR count). The van der Waals surface area contributed by atoms with Gasteiger partial charge in [0.15, 0.2) is 0 Å². The van der Waals surface area contributed by atoms with Gasteiger partial charge in [0.2, 0.25) is 5.91 Å². The minimum absolute atomic E-state index is 0.0213. The minimum atomic E-state index is -1.29. The van der Waals surface area contributed by atoms with Crippen LogP contribution in [0.2, 0.25) is 0 Å². The van der Waals surface area contributed by atoms with Gasteiger partial charge in [-0.2, -0.15) is 0 Å². The third kappa shape index (κ3) is 13.7. The van der Waals surface area contributed by atoms with Crippen molar-refractivity contribution in [3.05, 3.63) is 0 Å². The number of carboxylic acids is 3. The van der Waals surface area contributed by atoms with Crippen molar-refractivity contribution < 1.29 is 34.5 Å². The monoisotopic (exact) mass is 279 g/mol. The normalized spacial score (nSPS) is 12.5. The molecule has 9 N–H and O–H groups in total. The average Bonchev–Trinajstić information content (AvgIpc) is 2.25. The first-order valence-corrected chi connectivity index (χ1v) is 5.04. The van der Waals surface area contributed by atoms with Crippen molar-refractivity contribution >= 4 is 23.8 Å². The van der Waals surface area contributed by atoms with Gasteiger partial charge in [0, 0.05) is 6.42 Å². The third-order valence-corrected chi connectivity index (χ3v) is 1.73. The molecule has 0 aromatic heterocycles. The summed E-state index contributed by atoms with van der Waals surface area (Å²) in [5.74, 6) is -4.14. The Kier molecular flexibility index (Phi) is 9.87. The van der Waals surface area contributed by atoms with E-state index in [0.717, 1.165) is 0 Å². The lowest BCUT2D eigenvalue weighted by molar-refractivity contribution is -0.144. The highest BCUT2D eigenvalue weighted by Crippen LogP contribution is 1.92. The van der Waals surface area contributed by atoms with Crippen molar-refractivity contribution in [2.75, 3.05) is 0 Å². The summed E-state index contributed by atoms with van der Waals surface area (Å²) < 4.78 is 0. The second kappa shape index (κ2) is 9.79. The summed E-state index contributed by atoms with van der Waals surface area (Å²) in [5.41, 5.74) is 14.6. The fourth-order valence-electron chi connectivity index (χ4n) is 0.697. The number of primary amides is 1. The van der Waals surface area contributed by atoms with Gasteiger partial charge in [-0.25, -0.2) is 0 Å². The van der Waals surface area contributed by atoms with Gasteiger partial charge < -0.3 is 32.5 Å². The van der Waals surface area contributed by atoms with Gasteiger partial charge in [-0.05, 0) is 6.42 Å². The molecular weight excluding hydrogens is 262 g/mol. The molecule has 0 bridgehead atoms. The van der Waals surface area contributed by atoms with Crippen molar-refractivity contribution in [3.8, 4) is 0 Å². The van der Waals surface area contributed by atoms with Crippen LogP contribution in [0.4, 0.5) is 0 Å². The predicted octanol–water partition coefficient (Wildman–Crippen LogP) is -2.46. The molecule has 0 spiro atoms. The quantitative estimate of drug-likeness (QED) is 0.291. The molecule has 0 radical (unpaired) electrons. The second-order valence-electron chi connectivity index (χ2n) is 3.49. The van der Waals surface area contributed by atoms with Crippen molar-refractivity contribution in [1.82, 2.24) is 0 Å². The zero-order valence-corrected chi connectivity index (χ0v) is 9.98. The van der Waals surface area contributed by atoms with Crippen LogP contribution in [0.5, 0.6) is 0 Å². The van der Waals surface area contributed by atoms with Crippen molar-refractivity contribution in [3.63, 3.8) is 0 Å². The SMILES string of the molecule is NC(=O)CC[C@H](N)C(=O)O.N[C@@H](CC(=O)O)C(=O)O. The summed E-state index contributed by atoms with van der Waals surface area (Å²) >= 11 is 0. The molecule has 0 fully saturated rings. The van der Waals surface area contributed by atoms with E-state index in [-0.39, 0.29) is 12.8 Å². The Morgan fingerprint density at radius 3 is 1.53 bits per heavy atom. The summed E-state index contributed by atoms with van der Waals surface area (Å²) in [6, 6.07) is -2.27. The van der Waals surface area contributed by atoms with Crippen LogP contribution in [0.25, 0.3) is 0 Å². The van der Waals surface area contributed by atoms with Crippen molar-refractivity contribution in [2.45, 2.75) is 31.3 Å². The summed E-state index contributed by atoms with van der Waals surface area (Å²) in [5, 5.41) is 24.2. The maximum Gasteiger partial charge on any atom is 0.321 e. The molecule has 19 heavy (non-hydrogen) atoms. The number of nitrogens with two attached hydrogens (primary N) is 3. The fourth-order valence-corrected chi connectivity index (χ4v) is 0.697. The highest BCUT2D eigenvalue weighted by molar-refractivity contribution is 5.80. The number of carbonyl (C=O) groups is 4. The van der Waals surface area contributed by atoms with Gasteiger partial charge in [0.25, 0.3) is 0 Å². The van der Waals surface area contributed by atoms with E-state index in [9.17, 15) is 19.2 Å². The van der Waals surface area contributed by atoms with Crippen LogP contribution in [0.3, 0.4) is 0 Å². The average molecular weight is 279 g/mol. The Balaban J connectivity index is 0. The van der Waals surface area contributed by atoms with Gasteiger partial charge in [0.05, 0.1) is 6.42 Å². The van der Waals surface area contributed by atoms with E-state index in [4.69, 9.17) is 32.5 Å². The predicted molar refractivity (Wildman–Crippen MR) is 61.9 cm³/mol. The lowest BCUT2D eigenvalue weighted by atomic mass is 10.2. The highest BCUT2D eigenvalue weighted by atomic mass is 16.4. The van der Waals surface area contributed by atoms with E-state index in [2.05, 4.69) is 0 Å². The lowest BCUT2D eigenvalue weighted by Gasteiger charge is -2.01. The summed E-state index contributed by atoms with van der Waals surface area (Å²) in [6.45, 7) is 0. The molecule has 0 aliphatic carbocycles. The molecule has 0 heterocycles. The summed E-state index contributed by atoms with van der Waals surface area (Å²) in [6.07, 6.45) is -0.409. The Bertz CT molecular complexity index is 345. The Morgan fingerprint density at radius 2 is 1.32 bits per heavy atom. The first kappa shape index (κ1) is 19.1. The number of carboxylic acid groups (broad SMARTS) is 3. The third-order valence-electron chi connectivity index (χ3n) is 1.73. The molecule has 0 aromatic carbocycles. The summed E-state index contributed by atoms with van der Waals surface area (Å²) in [4.78, 5) is 39.8. The van der Waals surface area contributed by atoms with Crippen LogP contribution < -0.4 is 17.2 Å². The lowest BCUT2D eigenvalue weighted by Crippen LogP contribution is -2.32. The van der Waals surface area contributed by atoms with E-state index < -0.39 is 42.3 Å². The van der Waals surface area contributed by atoms with E-state index >= 15 is 0 Å². The van der Waals surface area contributed by atoms with E-state index in [1.165, 1.54) is 0 Å². The Labute approximate surface area is 108 Å². The molecule has 10 nitrogen and oxygen atoms in total. The zero-order chi connectivity index (χ0) is 15.6. The number of carbonyl (C=O) groups excluding carboxylic acids is 1. The van der Waals surface area contributed by atoms with Gasteiger partial charge >= 0.3 is 17.9 Å². The van der Waals surface area contributed by atoms with Crippen molar-refractivity contribution in [2.24, 2.45) is 17.2 Å². The number of hydrogen-bond acceptors (Lipinski definition) is 6. The standard InChI is InChI=1S/C5H10N2O3.C4H7NO4/c6-3(5(9)10)1-2-4(7)8;5-2(4(8)9)1-3(6)7/h3H,1-2,6H2,(H2,7,8)(H,9,10);2H,1,5H2,(H,6,7)(H,8,9)/t3-;2-/m00/s1. The van der Waals surface area contributed by atoms with Crippen LogP contribution in [-0.4, -0.2) is 51.2 Å². The molecule has 10 heteroatoms. The topological polar surface area (TPSA) is 207 Å². The fraction of sp³-hybridized carbons (Fsp3) is 0.556. The molecule has 110 valence electrons. The van der Waals surface area contributed by atoms with Crippen LogP contribution in [0.1, 0.15) is 19.3 Å². The van der Waals surface area contributed by atoms with Gasteiger partial charge in [-0.3, -0.25) is 19.2 Å². The Hall–Kier alpha value is -2.20. The molecular formula is C9H17N3O7. The first-order valence-electron chi connectivity index (χ1n) is 5.04. The highest BCUT2D eigenvalue weighted by Gasteiger charge is 2.14. The van der Waals surface area contributed by atoms with E-state index in [1.54, 1.807) is 0 Å². The number of hydrogen-bond donors (Lipinski definition) is 6. The molecule has 0 saturated heterocycles. The Morgan fingerprint density at radius 1 is 0.895 bits per heavy atom. The van der Waals surface area contributed by atoms with E-state index in [0.29, 0.717) is 0 Å². The maximum absolute atomic E-state index is 10.1. The minimum Gasteiger partial charge on any atom is -0.481 e. The molecule has 2 atom stereocenters. The smallest absolute Gasteiger partial charge is 0.321 e. The van der Waals surface area contributed by atoms with Crippen molar-refractivity contribution in [1.29, 1.82) is 0 Å². The number of rotatable bonds is 7. The molecule has 0 saturated carbocycles. The maximum atomic E-state index is 10.1. The molecule has 1 amide bonds. The molecule has 0 unspecified atom stereocenters. The molecule has 0 aliphatic rings. The van der Waals surface area contributed by atoms with Crippen LogP contribution in [0, 0.1) is 0 Å². The van der Waals surface area contributed by atoms with E-state index in [1.807, 2.05) is 0 Å². The van der Waals surface area contributed by atoms with Gasteiger partial charge in [-0.1, -0.05) is 0 Å². The largest absolute Gasteiger partial charge is 0.481 e. The molecule has 0 aliphatic heterocycles.